The molecule has 1 rings (SSSR count). The van der Waals surface area contributed by atoms with Crippen molar-refractivity contribution in [2.24, 2.45) is 17.8 Å². The van der Waals surface area contributed by atoms with Crippen molar-refractivity contribution in [3.8, 4) is 0 Å². The molecule has 370 valence electrons. The van der Waals surface area contributed by atoms with E-state index in [0.717, 1.165) is 154 Å². The molecule has 0 aliphatic heterocycles. The van der Waals surface area contributed by atoms with Gasteiger partial charge in [0.1, 0.15) is 0 Å². The van der Waals surface area contributed by atoms with Gasteiger partial charge in [-0.1, -0.05) is 143 Å². The van der Waals surface area contributed by atoms with Crippen molar-refractivity contribution >= 4 is 23.9 Å². The van der Waals surface area contributed by atoms with Gasteiger partial charge in [0.25, 0.3) is 0 Å². The SMILES string of the molecule is CCCCCCCC(=O)OCC(CCCCN(CCCCC(COC(=O)CCCCCCC)COC(=O)CCCCCCC)C1CCC(CO)CC1)COC(=O)CCCCCCC. The third kappa shape index (κ3) is 34.8. The molecule has 1 saturated carbocycles. The minimum atomic E-state index is -0.155. The fraction of sp³-hybridized carbons (Fsp3) is 0.925. The summed E-state index contributed by atoms with van der Waals surface area (Å²) in [5.41, 5.74) is 0. The highest BCUT2D eigenvalue weighted by atomic mass is 16.6. The summed E-state index contributed by atoms with van der Waals surface area (Å²) in [4.78, 5) is 53.1. The van der Waals surface area contributed by atoms with Gasteiger partial charge in [-0.05, 0) is 96.1 Å². The number of nitrogens with zero attached hydrogens (tertiary/aromatic N) is 1. The van der Waals surface area contributed by atoms with Crippen LogP contribution in [-0.2, 0) is 38.1 Å². The molecule has 10 heteroatoms. The third-order valence-corrected chi connectivity index (χ3v) is 13.1. The Kier molecular flexibility index (Phi) is 39.6. The molecule has 63 heavy (non-hydrogen) atoms. The first kappa shape index (κ1) is 58.8. The lowest BCUT2D eigenvalue weighted by Crippen LogP contribution is -2.40. The monoisotopic (exact) mass is 894 g/mol. The van der Waals surface area contributed by atoms with Crippen molar-refractivity contribution < 1.29 is 43.2 Å². The van der Waals surface area contributed by atoms with Crippen LogP contribution in [0.2, 0.25) is 0 Å². The number of aliphatic hydroxyl groups is 1. The van der Waals surface area contributed by atoms with Crippen molar-refractivity contribution in [3.63, 3.8) is 0 Å². The van der Waals surface area contributed by atoms with Crippen LogP contribution in [-0.4, -0.2) is 86.0 Å². The second-order valence-corrected chi connectivity index (χ2v) is 19.0. The number of hydrogen-bond acceptors (Lipinski definition) is 10. The maximum absolute atomic E-state index is 12.6. The van der Waals surface area contributed by atoms with Crippen LogP contribution in [0.3, 0.4) is 0 Å². The Balaban J connectivity index is 2.80. The first-order valence-corrected chi connectivity index (χ1v) is 26.7. The lowest BCUT2D eigenvalue weighted by molar-refractivity contribution is -0.151. The molecule has 0 spiro atoms. The summed E-state index contributed by atoms with van der Waals surface area (Å²) < 4.78 is 23.0. The van der Waals surface area contributed by atoms with Gasteiger partial charge < -0.3 is 29.0 Å². The molecule has 1 aliphatic carbocycles. The van der Waals surface area contributed by atoms with Crippen molar-refractivity contribution in [2.75, 3.05) is 46.1 Å². The molecule has 1 N–H and O–H groups in total. The first-order valence-electron chi connectivity index (χ1n) is 26.7. The number of carbonyl (C=O) groups excluding carboxylic acids is 4. The predicted molar refractivity (Wildman–Crippen MR) is 256 cm³/mol. The maximum atomic E-state index is 12.6. The quantitative estimate of drug-likeness (QED) is 0.0358. The fourth-order valence-corrected chi connectivity index (χ4v) is 8.72. The van der Waals surface area contributed by atoms with Crippen LogP contribution in [0.25, 0.3) is 0 Å². The summed E-state index contributed by atoms with van der Waals surface area (Å²) in [6, 6.07) is 0.479. The van der Waals surface area contributed by atoms with Gasteiger partial charge in [-0.25, -0.2) is 0 Å². The molecule has 10 nitrogen and oxygen atoms in total. The van der Waals surface area contributed by atoms with Gasteiger partial charge in [0.15, 0.2) is 0 Å². The van der Waals surface area contributed by atoms with Crippen LogP contribution < -0.4 is 0 Å². The number of esters is 4. The zero-order chi connectivity index (χ0) is 46.0. The van der Waals surface area contributed by atoms with Crippen molar-refractivity contribution in [1.29, 1.82) is 0 Å². The van der Waals surface area contributed by atoms with Crippen LogP contribution >= 0.6 is 0 Å². The van der Waals surface area contributed by atoms with Crippen LogP contribution in [0.15, 0.2) is 0 Å². The largest absolute Gasteiger partial charge is 0.465 e. The van der Waals surface area contributed by atoms with Gasteiger partial charge in [-0.3, -0.25) is 19.2 Å². The number of unbranched alkanes of at least 4 members (excludes halogenated alkanes) is 18. The average molecular weight is 894 g/mol. The summed E-state index contributed by atoms with van der Waals surface area (Å²) in [7, 11) is 0. The van der Waals surface area contributed by atoms with Crippen LogP contribution in [0.4, 0.5) is 0 Å². The van der Waals surface area contributed by atoms with E-state index in [1.54, 1.807) is 0 Å². The van der Waals surface area contributed by atoms with E-state index in [2.05, 4.69) is 32.6 Å². The zero-order valence-electron chi connectivity index (χ0n) is 41.5. The minimum absolute atomic E-state index is 0.0197. The first-order chi connectivity index (χ1) is 30.8. The molecule has 1 fully saturated rings. The summed E-state index contributed by atoms with van der Waals surface area (Å²) in [5.74, 6) is -0.270. The summed E-state index contributed by atoms with van der Waals surface area (Å²) >= 11 is 0. The second-order valence-electron chi connectivity index (χ2n) is 19.0. The molecule has 0 bridgehead atoms. The van der Waals surface area contributed by atoms with E-state index in [-0.39, 0.29) is 68.7 Å². The molecular weight excluding hydrogens is 795 g/mol. The van der Waals surface area contributed by atoms with Crippen molar-refractivity contribution in [3.05, 3.63) is 0 Å². The molecule has 0 aromatic carbocycles. The maximum Gasteiger partial charge on any atom is 0.305 e. The lowest BCUT2D eigenvalue weighted by atomic mass is 9.85. The normalized spacial score (nSPS) is 15.3. The van der Waals surface area contributed by atoms with E-state index in [9.17, 15) is 24.3 Å². The topological polar surface area (TPSA) is 129 Å². The van der Waals surface area contributed by atoms with Crippen molar-refractivity contribution in [2.45, 2.75) is 252 Å². The Morgan fingerprint density at radius 3 is 1.02 bits per heavy atom. The van der Waals surface area contributed by atoms with E-state index in [1.165, 1.54) is 51.4 Å². The highest BCUT2D eigenvalue weighted by Gasteiger charge is 2.26. The molecule has 0 atom stereocenters. The van der Waals surface area contributed by atoms with Gasteiger partial charge in [-0.2, -0.15) is 0 Å². The smallest absolute Gasteiger partial charge is 0.305 e. The van der Waals surface area contributed by atoms with Gasteiger partial charge in [0.2, 0.25) is 0 Å². The number of rotatable bonds is 44. The Hall–Kier alpha value is -2.20. The fourth-order valence-electron chi connectivity index (χ4n) is 8.72. The van der Waals surface area contributed by atoms with Gasteiger partial charge in [0, 0.05) is 50.2 Å². The number of carbonyl (C=O) groups is 4. The summed E-state index contributed by atoms with van der Waals surface area (Å²) in [6.45, 7) is 12.1. The number of ether oxygens (including phenoxy) is 4. The van der Waals surface area contributed by atoms with Crippen molar-refractivity contribution in [1.82, 2.24) is 4.90 Å². The Morgan fingerprint density at radius 2 is 0.730 bits per heavy atom. The lowest BCUT2D eigenvalue weighted by Gasteiger charge is -2.37. The van der Waals surface area contributed by atoms with Gasteiger partial charge in [-0.15, -0.1) is 0 Å². The van der Waals surface area contributed by atoms with E-state index >= 15 is 0 Å². The second kappa shape index (κ2) is 42.4. The molecule has 0 aromatic rings. The van der Waals surface area contributed by atoms with E-state index in [4.69, 9.17) is 18.9 Å². The Morgan fingerprint density at radius 1 is 0.429 bits per heavy atom. The number of hydrogen-bond donors (Lipinski definition) is 1. The Bertz CT molecular complexity index is 962. The van der Waals surface area contributed by atoms with E-state index in [0.29, 0.717) is 37.6 Å². The molecule has 0 radical (unpaired) electrons. The van der Waals surface area contributed by atoms with E-state index in [1.807, 2.05) is 0 Å². The van der Waals surface area contributed by atoms with Gasteiger partial charge >= 0.3 is 23.9 Å². The van der Waals surface area contributed by atoms with E-state index < -0.39 is 0 Å². The molecule has 0 amide bonds. The standard InChI is InChI=1S/C53H99NO9/c1-5-9-13-17-21-31-50(56)60-42-47(43-61-51(57)32-22-18-14-10-6-2)29-25-27-39-54(49-37-35-46(41-55)36-38-49)40-28-26-30-48(44-62-52(58)33-23-19-15-11-7-3)45-63-53(59)34-24-20-16-12-8-4/h46-49,55H,5-45H2,1-4H3. The molecule has 1 aliphatic rings. The molecular formula is C53H99NO9. The van der Waals surface area contributed by atoms with Gasteiger partial charge in [0.05, 0.1) is 26.4 Å². The van der Waals surface area contributed by atoms with Crippen LogP contribution in [0.1, 0.15) is 246 Å². The third-order valence-electron chi connectivity index (χ3n) is 13.1. The highest BCUT2D eigenvalue weighted by Crippen LogP contribution is 2.28. The minimum Gasteiger partial charge on any atom is -0.465 e. The number of aliphatic hydroxyl groups excluding tert-OH is 1. The Labute approximate surface area is 386 Å². The average Bonchev–Trinajstić information content (AvgIpc) is 3.29. The summed E-state index contributed by atoms with van der Waals surface area (Å²) in [5, 5.41) is 9.83. The molecule has 0 aromatic heterocycles. The molecule has 0 saturated heterocycles. The zero-order valence-corrected chi connectivity index (χ0v) is 41.5. The van der Waals surface area contributed by atoms with Crippen LogP contribution in [0, 0.1) is 17.8 Å². The highest BCUT2D eigenvalue weighted by molar-refractivity contribution is 5.70. The summed E-state index contributed by atoms with van der Waals surface area (Å²) in [6.07, 6.45) is 33.2. The van der Waals surface area contributed by atoms with Crippen LogP contribution in [0.5, 0.6) is 0 Å². The molecule has 0 heterocycles. The molecule has 0 unspecified atom stereocenters. The predicted octanol–water partition coefficient (Wildman–Crippen LogP) is 13.0.